The van der Waals surface area contributed by atoms with Gasteiger partial charge in [-0.2, -0.15) is 0 Å². The highest BCUT2D eigenvalue weighted by Gasteiger charge is 2.44. The van der Waals surface area contributed by atoms with Crippen molar-refractivity contribution in [3.8, 4) is 0 Å². The lowest BCUT2D eigenvalue weighted by atomic mass is 9.55. The zero-order valence-corrected chi connectivity index (χ0v) is 17.4. The predicted octanol–water partition coefficient (Wildman–Crippen LogP) is 6.57. The van der Waals surface area contributed by atoms with Gasteiger partial charge in [-0.15, -0.1) is 0 Å². The molecule has 0 aliphatic carbocycles. The summed E-state index contributed by atoms with van der Waals surface area (Å²) in [5, 5.41) is 7.92. The summed E-state index contributed by atoms with van der Waals surface area (Å²) in [6.45, 7) is 18.1. The van der Waals surface area contributed by atoms with Gasteiger partial charge in [0, 0.05) is 0 Å². The lowest BCUT2D eigenvalue weighted by molar-refractivity contribution is 0.0367. The van der Waals surface area contributed by atoms with Crippen LogP contribution < -0.4 is 0 Å². The Kier molecular flexibility index (Phi) is 5.60. The quantitative estimate of drug-likeness (QED) is 0.584. The SMILES string of the molecule is Cc1nonc1/C=C(\C=C\C(C)(C(C)(C)C)C(C)(C)C)c1ccccc1. The molecule has 0 saturated heterocycles. The number of rotatable bonds is 4. The standard InChI is InChI=1S/C23H32N2O/c1-17-20(25-26-24-17)16-19(18-12-10-9-11-13-18)14-15-23(8,21(2,3)4)22(5,6)7/h9-16H,1-8H3/b15-14+,19-16+. The van der Waals surface area contributed by atoms with Gasteiger partial charge in [-0.05, 0) is 40.4 Å². The maximum Gasteiger partial charge on any atom is 0.131 e. The Hall–Kier alpha value is -2.16. The third-order valence-corrected chi connectivity index (χ3v) is 5.80. The molecule has 0 amide bonds. The summed E-state index contributed by atoms with van der Waals surface area (Å²) in [5.74, 6) is 0. The fraction of sp³-hybridized carbons (Fsp3) is 0.478. The second-order valence-electron chi connectivity index (χ2n) is 9.24. The van der Waals surface area contributed by atoms with Crippen molar-refractivity contribution < 1.29 is 4.63 Å². The minimum Gasteiger partial charge on any atom is -0.244 e. The van der Waals surface area contributed by atoms with Crippen molar-refractivity contribution in [2.24, 2.45) is 16.2 Å². The zero-order valence-electron chi connectivity index (χ0n) is 17.4. The van der Waals surface area contributed by atoms with E-state index in [9.17, 15) is 0 Å². The summed E-state index contributed by atoms with van der Waals surface area (Å²) in [6.07, 6.45) is 6.62. The molecule has 26 heavy (non-hydrogen) atoms. The van der Waals surface area contributed by atoms with Gasteiger partial charge in [0.1, 0.15) is 11.4 Å². The molecule has 0 radical (unpaired) electrons. The number of aryl methyl sites for hydroxylation is 1. The average Bonchev–Trinajstić information content (AvgIpc) is 2.94. The number of benzene rings is 1. The molecule has 1 aromatic carbocycles. The molecular formula is C23H32N2O. The molecule has 0 atom stereocenters. The van der Waals surface area contributed by atoms with Crippen molar-refractivity contribution in [2.75, 3.05) is 0 Å². The number of aromatic nitrogens is 2. The fourth-order valence-corrected chi connectivity index (χ4v) is 3.26. The number of hydrogen-bond donors (Lipinski definition) is 0. The van der Waals surface area contributed by atoms with E-state index >= 15 is 0 Å². The van der Waals surface area contributed by atoms with E-state index in [0.717, 1.165) is 22.5 Å². The molecule has 0 unspecified atom stereocenters. The Labute approximate surface area is 158 Å². The van der Waals surface area contributed by atoms with E-state index in [-0.39, 0.29) is 16.2 Å². The molecule has 3 heteroatoms. The molecule has 0 saturated carbocycles. The molecule has 0 aliphatic heterocycles. The van der Waals surface area contributed by atoms with E-state index < -0.39 is 0 Å². The minimum atomic E-state index is 0.00495. The highest BCUT2D eigenvalue weighted by Crippen LogP contribution is 2.52. The smallest absolute Gasteiger partial charge is 0.131 e. The Morgan fingerprint density at radius 3 is 1.92 bits per heavy atom. The van der Waals surface area contributed by atoms with Gasteiger partial charge in [0.15, 0.2) is 0 Å². The van der Waals surface area contributed by atoms with Gasteiger partial charge >= 0.3 is 0 Å². The molecular weight excluding hydrogens is 320 g/mol. The van der Waals surface area contributed by atoms with Crippen LogP contribution in [-0.4, -0.2) is 10.3 Å². The highest BCUT2D eigenvalue weighted by molar-refractivity contribution is 5.87. The molecule has 1 aromatic heterocycles. The van der Waals surface area contributed by atoms with Crippen LogP contribution in [0.5, 0.6) is 0 Å². The number of hydrogen-bond acceptors (Lipinski definition) is 3. The first-order valence-corrected chi connectivity index (χ1v) is 9.21. The van der Waals surface area contributed by atoms with Crippen LogP contribution in [0.4, 0.5) is 0 Å². The first kappa shape index (κ1) is 20.2. The van der Waals surface area contributed by atoms with Crippen molar-refractivity contribution in [1.29, 1.82) is 0 Å². The predicted molar refractivity (Wildman–Crippen MR) is 110 cm³/mol. The van der Waals surface area contributed by atoms with Crippen LogP contribution >= 0.6 is 0 Å². The van der Waals surface area contributed by atoms with E-state index in [2.05, 4.69) is 95.2 Å². The second-order valence-corrected chi connectivity index (χ2v) is 9.24. The topological polar surface area (TPSA) is 38.9 Å². The number of allylic oxidation sites excluding steroid dienone is 3. The molecule has 0 spiro atoms. The van der Waals surface area contributed by atoms with Gasteiger partial charge < -0.3 is 0 Å². The largest absolute Gasteiger partial charge is 0.244 e. The first-order chi connectivity index (χ1) is 12.0. The van der Waals surface area contributed by atoms with Gasteiger partial charge in [-0.25, -0.2) is 4.63 Å². The van der Waals surface area contributed by atoms with Crippen LogP contribution in [0.3, 0.4) is 0 Å². The van der Waals surface area contributed by atoms with Crippen LogP contribution in [0, 0.1) is 23.2 Å². The van der Waals surface area contributed by atoms with E-state index in [1.165, 1.54) is 0 Å². The van der Waals surface area contributed by atoms with Crippen molar-refractivity contribution in [3.63, 3.8) is 0 Å². The fourth-order valence-electron chi connectivity index (χ4n) is 3.26. The van der Waals surface area contributed by atoms with Crippen LogP contribution in [-0.2, 0) is 0 Å². The maximum atomic E-state index is 4.87. The molecule has 0 N–H and O–H groups in total. The first-order valence-electron chi connectivity index (χ1n) is 9.21. The minimum absolute atomic E-state index is 0.00495. The van der Waals surface area contributed by atoms with Crippen molar-refractivity contribution in [1.82, 2.24) is 10.3 Å². The summed E-state index contributed by atoms with van der Waals surface area (Å²) in [4.78, 5) is 0. The third kappa shape index (κ3) is 4.14. The lowest BCUT2D eigenvalue weighted by Gasteiger charge is -2.50. The molecule has 140 valence electrons. The number of nitrogens with zero attached hydrogens (tertiary/aromatic N) is 2. The molecule has 1 heterocycles. The van der Waals surface area contributed by atoms with E-state index in [4.69, 9.17) is 4.63 Å². The average molecular weight is 353 g/mol. The summed E-state index contributed by atoms with van der Waals surface area (Å²) < 4.78 is 4.87. The summed E-state index contributed by atoms with van der Waals surface area (Å²) in [7, 11) is 0. The van der Waals surface area contributed by atoms with Gasteiger partial charge in [0.2, 0.25) is 0 Å². The van der Waals surface area contributed by atoms with Crippen LogP contribution in [0.2, 0.25) is 0 Å². The molecule has 2 rings (SSSR count). The monoisotopic (exact) mass is 352 g/mol. The van der Waals surface area contributed by atoms with Crippen LogP contribution in [0.1, 0.15) is 65.4 Å². The Morgan fingerprint density at radius 1 is 0.885 bits per heavy atom. The van der Waals surface area contributed by atoms with Gasteiger partial charge in [0.05, 0.1) is 0 Å². The van der Waals surface area contributed by atoms with Gasteiger partial charge in [-0.3, -0.25) is 0 Å². The van der Waals surface area contributed by atoms with Crippen LogP contribution in [0.15, 0.2) is 47.1 Å². The lowest BCUT2D eigenvalue weighted by Crippen LogP contribution is -2.42. The van der Waals surface area contributed by atoms with E-state index in [1.54, 1.807) is 0 Å². The highest BCUT2D eigenvalue weighted by atomic mass is 16.6. The van der Waals surface area contributed by atoms with Crippen molar-refractivity contribution >= 4 is 11.6 Å². The Morgan fingerprint density at radius 2 is 1.46 bits per heavy atom. The molecule has 3 nitrogen and oxygen atoms in total. The molecule has 0 bridgehead atoms. The summed E-state index contributed by atoms with van der Waals surface area (Å²) in [5.41, 5.74) is 4.05. The van der Waals surface area contributed by atoms with Crippen LogP contribution in [0.25, 0.3) is 11.6 Å². The zero-order chi connectivity index (χ0) is 19.6. The maximum absolute atomic E-state index is 4.87. The summed E-state index contributed by atoms with van der Waals surface area (Å²) >= 11 is 0. The van der Waals surface area contributed by atoms with Gasteiger partial charge in [-0.1, -0.05) is 101 Å². The van der Waals surface area contributed by atoms with Crippen molar-refractivity contribution in [3.05, 3.63) is 59.4 Å². The van der Waals surface area contributed by atoms with Gasteiger partial charge in [0.25, 0.3) is 0 Å². The Bertz CT molecular complexity index is 770. The van der Waals surface area contributed by atoms with E-state index in [0.29, 0.717) is 0 Å². The molecule has 0 aliphatic rings. The molecule has 2 aromatic rings. The second kappa shape index (κ2) is 7.22. The summed E-state index contributed by atoms with van der Waals surface area (Å²) in [6, 6.07) is 10.4. The van der Waals surface area contributed by atoms with E-state index in [1.807, 2.05) is 19.1 Å². The molecule has 0 fully saturated rings. The Balaban J connectivity index is 2.55. The van der Waals surface area contributed by atoms with Crippen molar-refractivity contribution in [2.45, 2.75) is 55.4 Å². The third-order valence-electron chi connectivity index (χ3n) is 5.80. The normalized spacial score (nSPS) is 14.2.